The summed E-state index contributed by atoms with van der Waals surface area (Å²) in [5.41, 5.74) is 3.22. The molecule has 5 rings (SSSR count). The second-order valence-corrected chi connectivity index (χ2v) is 10.9. The lowest BCUT2D eigenvalue weighted by molar-refractivity contribution is -0.143. The smallest absolute Gasteiger partial charge is 0.338 e. The van der Waals surface area contributed by atoms with Crippen LogP contribution in [-0.4, -0.2) is 26.8 Å². The summed E-state index contributed by atoms with van der Waals surface area (Å²) in [7, 11) is 0. The summed E-state index contributed by atoms with van der Waals surface area (Å²) in [5.74, 6) is 0.720. The first kappa shape index (κ1) is 27.7. The van der Waals surface area contributed by atoms with Gasteiger partial charge in [-0.1, -0.05) is 71.9 Å². The summed E-state index contributed by atoms with van der Waals surface area (Å²) < 4.78 is 27.5. The monoisotopic (exact) mass is 578 g/mol. The summed E-state index contributed by atoms with van der Waals surface area (Å²) in [6.07, 6.45) is -0.303. The maximum atomic E-state index is 14.2. The molecule has 0 spiro atoms. The summed E-state index contributed by atoms with van der Waals surface area (Å²) >= 11 is 7.62. The number of allylic oxidation sites excluding steroid dienone is 1. The van der Waals surface area contributed by atoms with Gasteiger partial charge in [-0.25, -0.2) is 13.9 Å². The third kappa shape index (κ3) is 6.16. The van der Waals surface area contributed by atoms with Crippen molar-refractivity contribution < 1.29 is 18.7 Å². The predicted molar refractivity (Wildman–Crippen MR) is 154 cm³/mol. The fourth-order valence-electron chi connectivity index (χ4n) is 4.35. The molecule has 1 unspecified atom stereocenters. The van der Waals surface area contributed by atoms with Gasteiger partial charge in [0.2, 0.25) is 11.1 Å². The highest BCUT2D eigenvalue weighted by Gasteiger charge is 2.36. The number of nitrogens with one attached hydrogen (secondary N) is 1. The van der Waals surface area contributed by atoms with Crippen LogP contribution >= 0.6 is 23.4 Å². The Morgan fingerprint density at radius 1 is 1.10 bits per heavy atom. The number of nitrogens with zero attached hydrogens (tertiary/aromatic N) is 3. The topological polar surface area (TPSA) is 78.3 Å². The van der Waals surface area contributed by atoms with Crippen LogP contribution in [0.15, 0.2) is 89.2 Å². The third-order valence-corrected chi connectivity index (χ3v) is 7.49. The van der Waals surface area contributed by atoms with Crippen LogP contribution in [0.5, 0.6) is 5.75 Å². The highest BCUT2D eigenvalue weighted by molar-refractivity contribution is 7.98. The first-order chi connectivity index (χ1) is 19.3. The lowest BCUT2D eigenvalue weighted by Gasteiger charge is -2.28. The number of halogens is 2. The van der Waals surface area contributed by atoms with Crippen LogP contribution in [-0.2, 0) is 21.9 Å². The first-order valence-electron chi connectivity index (χ1n) is 12.8. The molecule has 0 amide bonds. The maximum Gasteiger partial charge on any atom is 0.338 e. The number of esters is 1. The average Bonchev–Trinajstić information content (AvgIpc) is 3.33. The molecule has 3 aromatic carbocycles. The zero-order valence-electron chi connectivity index (χ0n) is 22.2. The highest BCUT2D eigenvalue weighted by atomic mass is 35.5. The van der Waals surface area contributed by atoms with Crippen LogP contribution in [0.3, 0.4) is 0 Å². The summed E-state index contributed by atoms with van der Waals surface area (Å²) in [6.45, 7) is 5.71. The van der Waals surface area contributed by atoms with Crippen molar-refractivity contribution in [2.75, 3.05) is 5.32 Å². The van der Waals surface area contributed by atoms with Gasteiger partial charge in [-0.3, -0.25) is 0 Å². The molecule has 0 saturated heterocycles. The number of anilines is 1. The van der Waals surface area contributed by atoms with E-state index in [9.17, 15) is 9.18 Å². The normalized spacial score (nSPS) is 14.6. The van der Waals surface area contributed by atoms with Crippen molar-refractivity contribution in [3.05, 3.63) is 112 Å². The van der Waals surface area contributed by atoms with Gasteiger partial charge in [-0.15, -0.1) is 5.10 Å². The minimum absolute atomic E-state index is 0.278. The standard InChI is InChI=1S/C30H28ClFN4O3S/c1-18(2)39-28(37)26-19(3)33-29-34-30(40-17-22-10-5-7-14-25(22)32)35-36(29)27(26)20-11-8-12-23(15-20)38-16-21-9-4-6-13-24(21)31/h4-15,18,27H,16-17H2,1-3H3,(H,33,34,35). The first-order valence-corrected chi connectivity index (χ1v) is 14.1. The van der Waals surface area contributed by atoms with E-state index in [4.69, 9.17) is 26.2 Å². The summed E-state index contributed by atoms with van der Waals surface area (Å²) in [5, 5.41) is 8.99. The largest absolute Gasteiger partial charge is 0.489 e. The number of aromatic nitrogens is 3. The van der Waals surface area contributed by atoms with Gasteiger partial charge >= 0.3 is 5.97 Å². The Balaban J connectivity index is 1.47. The molecule has 1 aromatic heterocycles. The molecule has 4 aromatic rings. The SMILES string of the molecule is CC1=C(C(=O)OC(C)C)C(c2cccc(OCc3ccccc3Cl)c2)n2nc(SCc3ccccc3F)nc2N1. The average molecular weight is 579 g/mol. The van der Waals surface area contributed by atoms with Crippen molar-refractivity contribution in [1.29, 1.82) is 0 Å². The number of carbonyl (C=O) groups is 1. The van der Waals surface area contributed by atoms with E-state index >= 15 is 0 Å². The Bertz CT molecular complexity index is 1570. The summed E-state index contributed by atoms with van der Waals surface area (Å²) in [6, 6.07) is 21.0. The van der Waals surface area contributed by atoms with E-state index in [1.807, 2.05) is 55.5 Å². The van der Waals surface area contributed by atoms with Crippen LogP contribution in [0.25, 0.3) is 0 Å². The molecule has 0 bridgehead atoms. The molecule has 1 atom stereocenters. The maximum absolute atomic E-state index is 14.2. The van der Waals surface area contributed by atoms with Crippen molar-refractivity contribution in [3.63, 3.8) is 0 Å². The van der Waals surface area contributed by atoms with E-state index in [2.05, 4.69) is 10.3 Å². The van der Waals surface area contributed by atoms with Crippen molar-refractivity contribution >= 4 is 35.3 Å². The van der Waals surface area contributed by atoms with Crippen LogP contribution in [0, 0.1) is 5.82 Å². The van der Waals surface area contributed by atoms with Gasteiger partial charge in [-0.05, 0) is 56.2 Å². The molecular formula is C30H28ClFN4O3S. The van der Waals surface area contributed by atoms with E-state index < -0.39 is 12.0 Å². The van der Waals surface area contributed by atoms with Gasteiger partial charge in [0, 0.05) is 22.0 Å². The number of fused-ring (bicyclic) bond motifs is 1. The molecule has 40 heavy (non-hydrogen) atoms. The molecule has 1 aliphatic rings. The van der Waals surface area contributed by atoms with E-state index in [0.29, 0.717) is 44.5 Å². The zero-order chi connectivity index (χ0) is 28.2. The second-order valence-electron chi connectivity index (χ2n) is 9.52. The number of hydrogen-bond donors (Lipinski definition) is 1. The van der Waals surface area contributed by atoms with Crippen molar-refractivity contribution in [1.82, 2.24) is 14.8 Å². The molecule has 2 heterocycles. The Morgan fingerprint density at radius 3 is 2.60 bits per heavy atom. The minimum Gasteiger partial charge on any atom is -0.489 e. The number of carbonyl (C=O) groups excluding carboxylic acids is 1. The molecular weight excluding hydrogens is 551 g/mol. The molecule has 7 nitrogen and oxygen atoms in total. The van der Waals surface area contributed by atoms with E-state index in [1.165, 1.54) is 17.8 Å². The van der Waals surface area contributed by atoms with Gasteiger partial charge in [0.15, 0.2) is 0 Å². The van der Waals surface area contributed by atoms with Gasteiger partial charge in [-0.2, -0.15) is 4.98 Å². The van der Waals surface area contributed by atoms with Crippen LogP contribution < -0.4 is 10.1 Å². The second kappa shape index (κ2) is 12.1. The quantitative estimate of drug-likeness (QED) is 0.166. The van der Waals surface area contributed by atoms with Crippen molar-refractivity contribution in [3.8, 4) is 5.75 Å². The van der Waals surface area contributed by atoms with Gasteiger partial charge < -0.3 is 14.8 Å². The molecule has 206 valence electrons. The fraction of sp³-hybridized carbons (Fsp3) is 0.233. The Kier molecular flexibility index (Phi) is 8.42. The Morgan fingerprint density at radius 2 is 1.85 bits per heavy atom. The molecule has 0 saturated carbocycles. The fourth-order valence-corrected chi connectivity index (χ4v) is 5.36. The van der Waals surface area contributed by atoms with Gasteiger partial charge in [0.25, 0.3) is 0 Å². The zero-order valence-corrected chi connectivity index (χ0v) is 23.8. The lowest BCUT2D eigenvalue weighted by Crippen LogP contribution is -2.30. The third-order valence-electron chi connectivity index (χ3n) is 6.24. The molecule has 1 N–H and O–H groups in total. The molecule has 0 aliphatic carbocycles. The van der Waals surface area contributed by atoms with Crippen LogP contribution in [0.4, 0.5) is 10.3 Å². The van der Waals surface area contributed by atoms with E-state index in [0.717, 1.165) is 11.1 Å². The number of rotatable bonds is 9. The predicted octanol–water partition coefficient (Wildman–Crippen LogP) is 7.18. The van der Waals surface area contributed by atoms with Crippen LogP contribution in [0.2, 0.25) is 5.02 Å². The number of ether oxygens (including phenoxy) is 2. The van der Waals surface area contributed by atoms with Gasteiger partial charge in [0.05, 0.1) is 11.7 Å². The number of hydrogen-bond acceptors (Lipinski definition) is 7. The molecule has 0 radical (unpaired) electrons. The minimum atomic E-state index is -0.623. The highest BCUT2D eigenvalue weighted by Crippen LogP contribution is 2.38. The number of benzene rings is 3. The van der Waals surface area contributed by atoms with Gasteiger partial charge in [0.1, 0.15) is 24.2 Å². The lowest BCUT2D eigenvalue weighted by atomic mass is 9.95. The summed E-state index contributed by atoms with van der Waals surface area (Å²) in [4.78, 5) is 18.0. The Labute approximate surface area is 241 Å². The molecule has 10 heteroatoms. The molecule has 0 fully saturated rings. The van der Waals surface area contributed by atoms with Crippen molar-refractivity contribution in [2.45, 2.75) is 50.4 Å². The Hall–Kier alpha value is -3.82. The molecule has 1 aliphatic heterocycles. The van der Waals surface area contributed by atoms with Crippen LogP contribution in [0.1, 0.15) is 43.5 Å². The van der Waals surface area contributed by atoms with Crippen molar-refractivity contribution in [2.24, 2.45) is 0 Å². The van der Waals surface area contributed by atoms with E-state index in [-0.39, 0.29) is 18.5 Å². The van der Waals surface area contributed by atoms with E-state index in [1.54, 1.807) is 36.7 Å². The number of thioether (sulfide) groups is 1.